The highest BCUT2D eigenvalue weighted by atomic mass is 79.9. The Hall–Kier alpha value is -3.30. The first-order chi connectivity index (χ1) is 20.4. The largest absolute Gasteiger partial charge is 0.497 e. The Morgan fingerprint density at radius 2 is 1.74 bits per heavy atom. The lowest BCUT2D eigenvalue weighted by Gasteiger charge is -2.36. The lowest BCUT2D eigenvalue weighted by Crippen LogP contribution is -2.48. The number of hydrogen-bond donors (Lipinski definition) is 0. The Balaban J connectivity index is 1.57. The van der Waals surface area contributed by atoms with Gasteiger partial charge in [-0.05, 0) is 61.2 Å². The molecule has 4 rings (SSSR count). The molecule has 1 aromatic heterocycles. The predicted molar refractivity (Wildman–Crippen MR) is 167 cm³/mol. The van der Waals surface area contributed by atoms with E-state index in [4.69, 9.17) is 14.2 Å². The Morgan fingerprint density at radius 1 is 0.976 bits per heavy atom. The molecule has 3 aromatic rings. The zero-order valence-corrected chi connectivity index (χ0v) is 26.5. The zero-order chi connectivity index (χ0) is 29.9. The Bertz CT molecular complexity index is 1300. The second-order valence-corrected chi connectivity index (χ2v) is 11.6. The van der Waals surface area contributed by atoms with Crippen molar-refractivity contribution in [1.29, 1.82) is 0 Å². The summed E-state index contributed by atoms with van der Waals surface area (Å²) >= 11 is 3.51. The fraction of sp³-hybridized carbons (Fsp3) is 0.455. The van der Waals surface area contributed by atoms with Crippen LogP contribution in [0.25, 0.3) is 0 Å². The van der Waals surface area contributed by atoms with Gasteiger partial charge in [-0.2, -0.15) is 0 Å². The van der Waals surface area contributed by atoms with Crippen LogP contribution in [0.1, 0.15) is 60.1 Å². The predicted octanol–water partition coefficient (Wildman–Crippen LogP) is 6.16. The molecule has 1 aliphatic rings. The number of nitrogens with zero attached hydrogens (tertiary/aromatic N) is 3. The number of halogens is 1. The minimum atomic E-state index is -0.249. The number of benzene rings is 2. The van der Waals surface area contributed by atoms with Gasteiger partial charge in [0.05, 0.1) is 26.3 Å². The van der Waals surface area contributed by atoms with Crippen molar-refractivity contribution in [3.05, 3.63) is 82.1 Å². The molecular formula is C33H42BrN3O5. The normalized spacial score (nSPS) is 13.5. The van der Waals surface area contributed by atoms with Crippen LogP contribution >= 0.6 is 15.9 Å². The fourth-order valence-corrected chi connectivity index (χ4v) is 5.84. The van der Waals surface area contributed by atoms with Crippen molar-refractivity contribution in [1.82, 2.24) is 14.4 Å². The molecule has 1 heterocycles. The molecule has 1 fully saturated rings. The van der Waals surface area contributed by atoms with Crippen LogP contribution in [0, 0.1) is 0 Å². The van der Waals surface area contributed by atoms with E-state index in [0.29, 0.717) is 43.2 Å². The Kier molecular flexibility index (Phi) is 11.9. The van der Waals surface area contributed by atoms with Crippen LogP contribution in [-0.2, 0) is 22.6 Å². The smallest absolute Gasteiger partial charge is 0.258 e. The van der Waals surface area contributed by atoms with E-state index in [1.807, 2.05) is 23.1 Å². The van der Waals surface area contributed by atoms with Gasteiger partial charge in [-0.15, -0.1) is 0 Å². The molecule has 0 N–H and O–H groups in total. The van der Waals surface area contributed by atoms with E-state index in [0.717, 1.165) is 42.4 Å². The summed E-state index contributed by atoms with van der Waals surface area (Å²) in [4.78, 5) is 31.6. The van der Waals surface area contributed by atoms with E-state index < -0.39 is 0 Å². The van der Waals surface area contributed by atoms with E-state index in [1.165, 1.54) is 19.1 Å². The molecule has 1 saturated carbocycles. The van der Waals surface area contributed by atoms with E-state index in [9.17, 15) is 9.59 Å². The summed E-state index contributed by atoms with van der Waals surface area (Å²) in [6.07, 6.45) is 8.04. The van der Waals surface area contributed by atoms with Crippen LogP contribution in [0.15, 0.2) is 65.3 Å². The van der Waals surface area contributed by atoms with Crippen molar-refractivity contribution < 1.29 is 23.8 Å². The average Bonchev–Trinajstić information content (AvgIpc) is 3.46. The van der Waals surface area contributed by atoms with Gasteiger partial charge in [0.15, 0.2) is 0 Å². The molecule has 9 heteroatoms. The summed E-state index contributed by atoms with van der Waals surface area (Å²) in [6, 6.07) is 17.7. The molecule has 0 saturated heterocycles. The molecule has 0 spiro atoms. The molecule has 0 aliphatic heterocycles. The first kappa shape index (κ1) is 31.6. The van der Waals surface area contributed by atoms with Gasteiger partial charge >= 0.3 is 0 Å². The van der Waals surface area contributed by atoms with Crippen molar-refractivity contribution in [3.63, 3.8) is 0 Å². The van der Waals surface area contributed by atoms with Crippen molar-refractivity contribution in [2.45, 2.75) is 57.7 Å². The highest BCUT2D eigenvalue weighted by Crippen LogP contribution is 2.28. The number of carbonyl (C=O) groups excluding carboxylic acids is 2. The van der Waals surface area contributed by atoms with Gasteiger partial charge in [-0.1, -0.05) is 47.3 Å². The van der Waals surface area contributed by atoms with Crippen LogP contribution < -0.4 is 9.47 Å². The van der Waals surface area contributed by atoms with E-state index in [1.54, 1.807) is 37.3 Å². The molecule has 8 nitrogen and oxygen atoms in total. The van der Waals surface area contributed by atoms with Gasteiger partial charge in [-0.3, -0.25) is 9.59 Å². The first-order valence-corrected chi connectivity index (χ1v) is 15.4. The minimum Gasteiger partial charge on any atom is -0.497 e. The van der Waals surface area contributed by atoms with Gasteiger partial charge < -0.3 is 28.6 Å². The molecule has 0 unspecified atom stereocenters. The van der Waals surface area contributed by atoms with Gasteiger partial charge in [0, 0.05) is 55.3 Å². The molecule has 0 atom stereocenters. The van der Waals surface area contributed by atoms with E-state index >= 15 is 0 Å². The van der Waals surface area contributed by atoms with Crippen molar-refractivity contribution in [3.8, 4) is 11.5 Å². The summed E-state index contributed by atoms with van der Waals surface area (Å²) in [6.45, 7) is 2.10. The van der Waals surface area contributed by atoms with Gasteiger partial charge in [0.1, 0.15) is 18.0 Å². The third-order valence-electron chi connectivity index (χ3n) is 7.89. The Morgan fingerprint density at radius 3 is 2.43 bits per heavy atom. The third kappa shape index (κ3) is 8.38. The monoisotopic (exact) mass is 639 g/mol. The van der Waals surface area contributed by atoms with Crippen molar-refractivity contribution in [2.24, 2.45) is 0 Å². The fourth-order valence-electron chi connectivity index (χ4n) is 5.57. The molecule has 226 valence electrons. The van der Waals surface area contributed by atoms with Crippen LogP contribution in [0.4, 0.5) is 0 Å². The maximum absolute atomic E-state index is 14.1. The molecule has 42 heavy (non-hydrogen) atoms. The van der Waals surface area contributed by atoms with Gasteiger partial charge in [0.2, 0.25) is 5.91 Å². The molecule has 2 amide bonds. The molecule has 2 aromatic carbocycles. The number of ether oxygens (including phenoxy) is 3. The van der Waals surface area contributed by atoms with Crippen molar-refractivity contribution in [2.75, 3.05) is 41.0 Å². The third-order valence-corrected chi connectivity index (χ3v) is 8.42. The van der Waals surface area contributed by atoms with E-state index in [2.05, 4.69) is 44.9 Å². The SMILES string of the molecule is COCCCN(CC(=O)N(Cc1cccn1Cc1ccc(Br)cc1)C1CCCCC1)C(=O)c1ccc(OC)cc1OC. The molecule has 1 aliphatic carbocycles. The van der Waals surface area contributed by atoms with Crippen LogP contribution in [0.2, 0.25) is 0 Å². The zero-order valence-electron chi connectivity index (χ0n) is 24.9. The lowest BCUT2D eigenvalue weighted by molar-refractivity contribution is -0.135. The summed E-state index contributed by atoms with van der Waals surface area (Å²) < 4.78 is 19.3. The summed E-state index contributed by atoms with van der Waals surface area (Å²) in [7, 11) is 4.74. The number of amides is 2. The lowest BCUT2D eigenvalue weighted by atomic mass is 9.94. The quantitative estimate of drug-likeness (QED) is 0.198. The highest BCUT2D eigenvalue weighted by molar-refractivity contribution is 9.10. The Labute approximate surface area is 257 Å². The van der Waals surface area contributed by atoms with E-state index in [-0.39, 0.29) is 24.4 Å². The summed E-state index contributed by atoms with van der Waals surface area (Å²) in [5.41, 5.74) is 2.66. The number of aromatic nitrogens is 1. The topological polar surface area (TPSA) is 73.2 Å². The van der Waals surface area contributed by atoms with Gasteiger partial charge in [-0.25, -0.2) is 0 Å². The first-order valence-electron chi connectivity index (χ1n) is 14.6. The second-order valence-electron chi connectivity index (χ2n) is 10.7. The van der Waals surface area contributed by atoms with Crippen LogP contribution in [0.5, 0.6) is 11.5 Å². The molecular weight excluding hydrogens is 598 g/mol. The van der Waals surface area contributed by atoms with Gasteiger partial charge in [0.25, 0.3) is 5.91 Å². The number of hydrogen-bond acceptors (Lipinski definition) is 5. The number of rotatable bonds is 14. The molecule has 0 bridgehead atoms. The summed E-state index contributed by atoms with van der Waals surface area (Å²) in [5, 5.41) is 0. The second kappa shape index (κ2) is 15.8. The highest BCUT2D eigenvalue weighted by Gasteiger charge is 2.30. The summed E-state index contributed by atoms with van der Waals surface area (Å²) in [5.74, 6) is 0.719. The maximum Gasteiger partial charge on any atom is 0.258 e. The number of carbonyl (C=O) groups is 2. The number of methoxy groups -OCH3 is 3. The molecule has 0 radical (unpaired) electrons. The van der Waals surface area contributed by atoms with Crippen LogP contribution in [0.3, 0.4) is 0 Å². The van der Waals surface area contributed by atoms with Crippen LogP contribution in [-0.4, -0.2) is 73.2 Å². The average molecular weight is 641 g/mol. The standard InChI is InChI=1S/C33H42BrN3O5/c1-40-20-8-19-36(33(39)30-17-16-29(41-2)21-31(30)42-3)24-32(38)37(27-9-5-4-6-10-27)23-28-11-7-18-35(28)22-25-12-14-26(34)15-13-25/h7,11-18,21,27H,4-6,8-10,19-20,22-24H2,1-3H3. The maximum atomic E-state index is 14.1. The van der Waals surface area contributed by atoms with Crippen molar-refractivity contribution >= 4 is 27.7 Å². The minimum absolute atomic E-state index is 0.0123.